The fourth-order valence-corrected chi connectivity index (χ4v) is 5.99. The van der Waals surface area contributed by atoms with Crippen molar-refractivity contribution in [2.24, 2.45) is 5.92 Å². The molecule has 0 N–H and O–H groups in total. The van der Waals surface area contributed by atoms with Crippen molar-refractivity contribution < 1.29 is 9.53 Å². The van der Waals surface area contributed by atoms with Crippen molar-refractivity contribution in [3.63, 3.8) is 0 Å². The Labute approximate surface area is 210 Å². The van der Waals surface area contributed by atoms with Gasteiger partial charge in [-0.15, -0.1) is 11.8 Å². The smallest absolute Gasteiger partial charge is 0.410 e. The first-order valence-electron chi connectivity index (χ1n) is 12.8. The number of piperidine rings is 1. The Morgan fingerprint density at radius 2 is 1.68 bits per heavy atom. The monoisotopic (exact) mass is 480 g/mol. The number of ether oxygens (including phenoxy) is 1. The van der Waals surface area contributed by atoms with Crippen molar-refractivity contribution in [2.45, 2.75) is 69.9 Å². The van der Waals surface area contributed by atoms with Crippen molar-refractivity contribution in [3.8, 4) is 0 Å². The van der Waals surface area contributed by atoms with Gasteiger partial charge in [0.15, 0.2) is 0 Å². The van der Waals surface area contributed by atoms with Crippen LogP contribution in [-0.2, 0) is 24.1 Å². The number of thioether (sulfide) groups is 1. The van der Waals surface area contributed by atoms with E-state index in [1.165, 1.54) is 28.0 Å². The van der Waals surface area contributed by atoms with Gasteiger partial charge in [0.1, 0.15) is 5.60 Å². The van der Waals surface area contributed by atoms with Gasteiger partial charge < -0.3 is 9.64 Å². The molecule has 0 spiro atoms. The summed E-state index contributed by atoms with van der Waals surface area (Å²) in [6.45, 7) is 10.7. The number of carbonyl (C=O) groups excluding carboxylic acids is 1. The molecular weight excluding hydrogens is 440 g/mol. The van der Waals surface area contributed by atoms with E-state index in [0.29, 0.717) is 5.92 Å². The van der Waals surface area contributed by atoms with E-state index in [9.17, 15) is 4.79 Å². The maximum absolute atomic E-state index is 12.3. The predicted octanol–water partition coefficient (Wildman–Crippen LogP) is 6.42. The second-order valence-electron chi connectivity index (χ2n) is 10.7. The average Bonchev–Trinajstić information content (AvgIpc) is 3.01. The summed E-state index contributed by atoms with van der Waals surface area (Å²) < 4.78 is 5.52. The highest BCUT2D eigenvalue weighted by Gasteiger charge is 2.26. The fraction of sp³-hybridized carbons (Fsp3) is 0.552. The van der Waals surface area contributed by atoms with E-state index in [-0.39, 0.29) is 6.09 Å². The zero-order valence-corrected chi connectivity index (χ0v) is 21.9. The molecule has 0 radical (unpaired) electrons. The zero-order chi connectivity index (χ0) is 24.0. The van der Waals surface area contributed by atoms with E-state index in [0.717, 1.165) is 64.2 Å². The molecule has 0 unspecified atom stereocenters. The van der Waals surface area contributed by atoms with E-state index >= 15 is 0 Å². The van der Waals surface area contributed by atoms with E-state index in [2.05, 4.69) is 53.4 Å². The molecule has 0 saturated carbocycles. The standard InChI is InChI=1S/C29H40N2O2S/c1-29(2,3)33-28(32)31-18-11-23(12-19-31)15-20-34-27-10-9-25-13-16-30(17-14-26(25)21-27)22-24-7-5-4-6-8-24/h4-10,21,23H,11-20,22H2,1-3H3. The van der Waals surface area contributed by atoms with Gasteiger partial charge in [-0.3, -0.25) is 4.90 Å². The van der Waals surface area contributed by atoms with Crippen LogP contribution in [0.15, 0.2) is 53.4 Å². The normalized spacial score (nSPS) is 17.8. The Morgan fingerprint density at radius 1 is 0.971 bits per heavy atom. The molecule has 1 saturated heterocycles. The van der Waals surface area contributed by atoms with E-state index in [1.807, 2.05) is 37.4 Å². The molecular formula is C29H40N2O2S. The number of benzene rings is 2. The summed E-state index contributed by atoms with van der Waals surface area (Å²) in [5.74, 6) is 1.86. The van der Waals surface area contributed by atoms with E-state index in [1.54, 1.807) is 0 Å². The Balaban J connectivity index is 1.20. The molecule has 0 aliphatic carbocycles. The summed E-state index contributed by atoms with van der Waals surface area (Å²) in [7, 11) is 0. The minimum absolute atomic E-state index is 0.160. The highest BCUT2D eigenvalue weighted by Crippen LogP contribution is 2.29. The molecule has 4 nitrogen and oxygen atoms in total. The summed E-state index contributed by atoms with van der Waals surface area (Å²) in [4.78, 5) is 18.1. The van der Waals surface area contributed by atoms with Gasteiger partial charge in [0.05, 0.1) is 0 Å². The van der Waals surface area contributed by atoms with Crippen LogP contribution in [0.2, 0.25) is 0 Å². The van der Waals surface area contributed by atoms with Crippen LogP contribution in [-0.4, -0.2) is 53.4 Å². The van der Waals surface area contributed by atoms with Gasteiger partial charge in [0.2, 0.25) is 0 Å². The summed E-state index contributed by atoms with van der Waals surface area (Å²) in [6, 6.07) is 17.9. The number of carbonyl (C=O) groups is 1. The minimum Gasteiger partial charge on any atom is -0.444 e. The van der Waals surface area contributed by atoms with Crippen LogP contribution in [0.3, 0.4) is 0 Å². The zero-order valence-electron chi connectivity index (χ0n) is 21.1. The third kappa shape index (κ3) is 7.51. The summed E-state index contributed by atoms with van der Waals surface area (Å²) in [5.41, 5.74) is 4.04. The Hall–Kier alpha value is -1.98. The summed E-state index contributed by atoms with van der Waals surface area (Å²) in [6.07, 6.45) is 5.51. The van der Waals surface area contributed by atoms with Crippen LogP contribution in [0.1, 0.15) is 56.7 Å². The van der Waals surface area contributed by atoms with Gasteiger partial charge in [-0.1, -0.05) is 36.4 Å². The quantitative estimate of drug-likeness (QED) is 0.447. The van der Waals surface area contributed by atoms with E-state index < -0.39 is 5.60 Å². The second kappa shape index (κ2) is 11.6. The van der Waals surface area contributed by atoms with Crippen LogP contribution in [0.25, 0.3) is 0 Å². The number of fused-ring (bicyclic) bond motifs is 1. The van der Waals surface area contributed by atoms with Gasteiger partial charge in [-0.2, -0.15) is 0 Å². The van der Waals surface area contributed by atoms with Gasteiger partial charge in [0, 0.05) is 37.6 Å². The molecule has 0 atom stereocenters. The number of nitrogens with zero attached hydrogens (tertiary/aromatic N) is 2. The molecule has 2 aliphatic heterocycles. The van der Waals surface area contributed by atoms with Gasteiger partial charge in [-0.05, 0) is 93.4 Å². The maximum Gasteiger partial charge on any atom is 0.410 e. The molecule has 4 rings (SSSR count). The highest BCUT2D eigenvalue weighted by molar-refractivity contribution is 7.99. The van der Waals surface area contributed by atoms with Crippen LogP contribution < -0.4 is 0 Å². The van der Waals surface area contributed by atoms with Gasteiger partial charge in [-0.25, -0.2) is 4.79 Å². The molecule has 2 aromatic carbocycles. The Morgan fingerprint density at radius 3 is 2.38 bits per heavy atom. The maximum atomic E-state index is 12.3. The molecule has 2 aliphatic rings. The van der Waals surface area contributed by atoms with Crippen LogP contribution >= 0.6 is 11.8 Å². The third-order valence-electron chi connectivity index (χ3n) is 6.88. The second-order valence-corrected chi connectivity index (χ2v) is 11.9. The Bertz CT molecular complexity index is 933. The molecule has 1 amide bonds. The first-order valence-corrected chi connectivity index (χ1v) is 13.8. The summed E-state index contributed by atoms with van der Waals surface area (Å²) in [5, 5.41) is 0. The van der Waals surface area contributed by atoms with Crippen LogP contribution in [0.4, 0.5) is 4.79 Å². The SMILES string of the molecule is CC(C)(C)OC(=O)N1CCC(CCSc2ccc3c(c2)CCN(Cc2ccccc2)CC3)CC1. The number of hydrogen-bond acceptors (Lipinski definition) is 4. The first kappa shape index (κ1) is 25.1. The molecule has 1 fully saturated rings. The lowest BCUT2D eigenvalue weighted by Crippen LogP contribution is -2.41. The number of amides is 1. The van der Waals surface area contributed by atoms with Crippen molar-refractivity contribution >= 4 is 17.9 Å². The first-order chi connectivity index (χ1) is 16.4. The molecule has 0 aromatic heterocycles. The number of likely N-dealkylation sites (tertiary alicyclic amines) is 1. The summed E-state index contributed by atoms with van der Waals surface area (Å²) >= 11 is 1.99. The number of hydrogen-bond donors (Lipinski definition) is 0. The number of rotatable bonds is 6. The van der Waals surface area contributed by atoms with Crippen molar-refractivity contribution in [2.75, 3.05) is 31.9 Å². The predicted molar refractivity (Wildman–Crippen MR) is 141 cm³/mol. The molecule has 0 bridgehead atoms. The van der Waals surface area contributed by atoms with Crippen molar-refractivity contribution in [1.82, 2.24) is 9.80 Å². The average molecular weight is 481 g/mol. The highest BCUT2D eigenvalue weighted by atomic mass is 32.2. The van der Waals surface area contributed by atoms with Gasteiger partial charge in [0.25, 0.3) is 0 Å². The lowest BCUT2D eigenvalue weighted by Gasteiger charge is -2.33. The lowest BCUT2D eigenvalue weighted by molar-refractivity contribution is 0.0183. The molecule has 34 heavy (non-hydrogen) atoms. The topological polar surface area (TPSA) is 32.8 Å². The van der Waals surface area contributed by atoms with Crippen LogP contribution in [0.5, 0.6) is 0 Å². The molecule has 2 aromatic rings. The largest absolute Gasteiger partial charge is 0.444 e. The minimum atomic E-state index is -0.418. The van der Waals surface area contributed by atoms with Gasteiger partial charge >= 0.3 is 6.09 Å². The Kier molecular flexibility index (Phi) is 8.60. The fourth-order valence-electron chi connectivity index (χ4n) is 4.91. The molecule has 5 heteroatoms. The lowest BCUT2D eigenvalue weighted by atomic mass is 9.95. The van der Waals surface area contributed by atoms with E-state index in [4.69, 9.17) is 4.74 Å². The third-order valence-corrected chi connectivity index (χ3v) is 7.91. The van der Waals surface area contributed by atoms with Crippen LogP contribution in [0, 0.1) is 5.92 Å². The molecule has 2 heterocycles. The van der Waals surface area contributed by atoms with Crippen molar-refractivity contribution in [3.05, 3.63) is 65.2 Å². The van der Waals surface area contributed by atoms with Crippen molar-refractivity contribution in [1.29, 1.82) is 0 Å². The molecule has 184 valence electrons.